The minimum Gasteiger partial charge on any atom is -0.264 e. The van der Waals surface area contributed by atoms with Gasteiger partial charge >= 0.3 is 0 Å². The maximum Gasteiger partial charge on any atom is 0.235 e. The largest absolute Gasteiger partial charge is 0.264 e. The van der Waals surface area contributed by atoms with Crippen LogP contribution in [0.2, 0.25) is 0 Å². The zero-order chi connectivity index (χ0) is 12.9. The van der Waals surface area contributed by atoms with E-state index in [0.717, 1.165) is 27.2 Å². The molecule has 18 heavy (non-hydrogen) atoms. The minimum atomic E-state index is 0.401. The zero-order valence-electron chi connectivity index (χ0n) is 10.7. The van der Waals surface area contributed by atoms with Crippen LogP contribution in [0.1, 0.15) is 30.5 Å². The highest BCUT2D eigenvalue weighted by Crippen LogP contribution is 2.25. The van der Waals surface area contributed by atoms with Crippen LogP contribution in [0, 0.1) is 6.92 Å². The van der Waals surface area contributed by atoms with Crippen LogP contribution < -0.4 is 0 Å². The van der Waals surface area contributed by atoms with Gasteiger partial charge in [-0.05, 0) is 13.0 Å². The highest BCUT2D eigenvalue weighted by atomic mass is 32.1. The molecule has 3 rings (SSSR count). The van der Waals surface area contributed by atoms with Crippen molar-refractivity contribution in [2.24, 2.45) is 7.05 Å². The molecule has 0 amide bonds. The average molecular weight is 262 g/mol. The van der Waals surface area contributed by atoms with Crippen LogP contribution in [0.4, 0.5) is 0 Å². The molecule has 0 atom stereocenters. The predicted octanol–water partition coefficient (Wildman–Crippen LogP) is 2.02. The van der Waals surface area contributed by atoms with Gasteiger partial charge in [-0.15, -0.1) is 10.2 Å². The Bertz CT molecular complexity index is 704. The number of fused-ring (bicyclic) bond motifs is 1. The molecular formula is C11H14N6S. The van der Waals surface area contributed by atoms with Crippen LogP contribution in [-0.4, -0.2) is 29.6 Å². The molecule has 0 aromatic carbocycles. The molecule has 0 radical (unpaired) electrons. The van der Waals surface area contributed by atoms with Crippen molar-refractivity contribution < 1.29 is 0 Å². The molecule has 0 N–H and O–H groups in total. The second-order valence-electron chi connectivity index (χ2n) is 4.61. The summed E-state index contributed by atoms with van der Waals surface area (Å²) >= 11 is 1.58. The van der Waals surface area contributed by atoms with Gasteiger partial charge in [-0.25, -0.2) is 0 Å². The van der Waals surface area contributed by atoms with Crippen molar-refractivity contribution in [3.63, 3.8) is 0 Å². The lowest BCUT2D eigenvalue weighted by atomic mass is 10.2. The van der Waals surface area contributed by atoms with Crippen LogP contribution in [0.5, 0.6) is 0 Å². The van der Waals surface area contributed by atoms with E-state index < -0.39 is 0 Å². The average Bonchev–Trinajstić information content (AvgIpc) is 2.91. The highest BCUT2D eigenvalue weighted by molar-refractivity contribution is 7.16. The van der Waals surface area contributed by atoms with Crippen molar-refractivity contribution in [1.29, 1.82) is 0 Å². The molecule has 3 heterocycles. The Morgan fingerprint density at radius 1 is 1.22 bits per heavy atom. The van der Waals surface area contributed by atoms with Gasteiger partial charge in [0.05, 0.1) is 5.69 Å². The van der Waals surface area contributed by atoms with Gasteiger partial charge in [0.2, 0.25) is 10.8 Å². The monoisotopic (exact) mass is 262 g/mol. The molecule has 0 aliphatic rings. The Morgan fingerprint density at radius 3 is 2.61 bits per heavy atom. The zero-order valence-corrected chi connectivity index (χ0v) is 11.6. The Balaban J connectivity index is 2.20. The number of rotatable bonds is 2. The molecule has 0 aliphatic heterocycles. The van der Waals surface area contributed by atoms with Gasteiger partial charge in [0.15, 0.2) is 0 Å². The number of nitrogens with zero attached hydrogens (tertiary/aromatic N) is 6. The summed E-state index contributed by atoms with van der Waals surface area (Å²) in [4.78, 5) is 0.826. The van der Waals surface area contributed by atoms with E-state index in [1.807, 2.05) is 20.0 Å². The molecule has 6 nitrogen and oxygen atoms in total. The first-order chi connectivity index (χ1) is 8.56. The van der Waals surface area contributed by atoms with Gasteiger partial charge in [-0.3, -0.25) is 4.68 Å². The van der Waals surface area contributed by atoms with E-state index in [1.54, 1.807) is 20.5 Å². The lowest BCUT2D eigenvalue weighted by Gasteiger charge is -1.98. The highest BCUT2D eigenvalue weighted by Gasteiger charge is 2.17. The maximum absolute atomic E-state index is 4.57. The Kier molecular flexibility index (Phi) is 2.44. The van der Waals surface area contributed by atoms with E-state index in [-0.39, 0.29) is 0 Å². The number of aryl methyl sites for hydroxylation is 2. The van der Waals surface area contributed by atoms with Crippen molar-refractivity contribution in [2.45, 2.75) is 26.7 Å². The topological polar surface area (TPSA) is 60.9 Å². The second-order valence-corrected chi connectivity index (χ2v) is 5.60. The summed E-state index contributed by atoms with van der Waals surface area (Å²) in [6.07, 6.45) is 0. The van der Waals surface area contributed by atoms with Crippen LogP contribution in [0.15, 0.2) is 6.07 Å². The SMILES string of the molecule is Cc1cc(-c2nnc3sc(C(C)C)nn23)n(C)n1. The third kappa shape index (κ3) is 1.62. The molecule has 0 fully saturated rings. The summed E-state index contributed by atoms with van der Waals surface area (Å²) in [5.41, 5.74) is 1.89. The third-order valence-corrected chi connectivity index (χ3v) is 3.93. The van der Waals surface area contributed by atoms with E-state index >= 15 is 0 Å². The van der Waals surface area contributed by atoms with Gasteiger partial charge in [0.1, 0.15) is 10.7 Å². The van der Waals surface area contributed by atoms with Crippen LogP contribution >= 0.6 is 11.3 Å². The first-order valence-electron chi connectivity index (χ1n) is 5.79. The predicted molar refractivity (Wildman–Crippen MR) is 69.7 cm³/mol. The third-order valence-electron chi connectivity index (χ3n) is 2.73. The van der Waals surface area contributed by atoms with Crippen LogP contribution in [0.3, 0.4) is 0 Å². The molecule has 0 saturated heterocycles. The van der Waals surface area contributed by atoms with E-state index in [4.69, 9.17) is 0 Å². The molecule has 0 unspecified atom stereocenters. The second kappa shape index (κ2) is 3.88. The number of aromatic nitrogens is 6. The normalized spacial score (nSPS) is 11.8. The Hall–Kier alpha value is -1.76. The fraction of sp³-hybridized carbons (Fsp3) is 0.455. The summed E-state index contributed by atoms with van der Waals surface area (Å²) in [6, 6.07) is 1.99. The molecule has 7 heteroatoms. The van der Waals surface area contributed by atoms with Gasteiger partial charge in [0, 0.05) is 13.0 Å². The summed E-state index contributed by atoms with van der Waals surface area (Å²) in [5.74, 6) is 1.15. The summed E-state index contributed by atoms with van der Waals surface area (Å²) in [5, 5.41) is 18.3. The van der Waals surface area contributed by atoms with Gasteiger partial charge < -0.3 is 0 Å². The smallest absolute Gasteiger partial charge is 0.235 e. The van der Waals surface area contributed by atoms with Crippen LogP contribution in [0.25, 0.3) is 16.5 Å². The number of hydrogen-bond acceptors (Lipinski definition) is 5. The van der Waals surface area contributed by atoms with Gasteiger partial charge in [-0.2, -0.15) is 14.7 Å². The van der Waals surface area contributed by atoms with E-state index in [0.29, 0.717) is 5.92 Å². The molecule has 0 aliphatic carbocycles. The van der Waals surface area contributed by atoms with Crippen molar-refractivity contribution >= 4 is 16.3 Å². The van der Waals surface area contributed by atoms with E-state index in [9.17, 15) is 0 Å². The lowest BCUT2D eigenvalue weighted by molar-refractivity contribution is 0.749. The first kappa shape index (κ1) is 11.3. The standard InChI is InChI=1S/C11H14N6S/c1-6(2)10-15-17-9(12-13-11(17)18-10)8-5-7(3)14-16(8)4/h5-6H,1-4H3. The van der Waals surface area contributed by atoms with Crippen molar-refractivity contribution in [2.75, 3.05) is 0 Å². The Morgan fingerprint density at radius 2 is 2.00 bits per heavy atom. The minimum absolute atomic E-state index is 0.401. The summed E-state index contributed by atoms with van der Waals surface area (Å²) < 4.78 is 3.61. The molecule has 94 valence electrons. The lowest BCUT2D eigenvalue weighted by Crippen LogP contribution is -1.99. The molecule has 3 aromatic heterocycles. The van der Waals surface area contributed by atoms with Crippen LogP contribution in [-0.2, 0) is 7.05 Å². The Labute approximate surface area is 108 Å². The van der Waals surface area contributed by atoms with E-state index in [2.05, 4.69) is 34.2 Å². The van der Waals surface area contributed by atoms with Gasteiger partial charge in [-0.1, -0.05) is 25.2 Å². The fourth-order valence-electron chi connectivity index (χ4n) is 1.84. The molecule has 0 spiro atoms. The first-order valence-corrected chi connectivity index (χ1v) is 6.61. The summed E-state index contributed by atoms with van der Waals surface area (Å²) in [6.45, 7) is 6.21. The van der Waals surface area contributed by atoms with Crippen molar-refractivity contribution in [3.8, 4) is 11.5 Å². The van der Waals surface area contributed by atoms with E-state index in [1.165, 1.54) is 0 Å². The quantitative estimate of drug-likeness (QED) is 0.709. The summed E-state index contributed by atoms with van der Waals surface area (Å²) in [7, 11) is 1.90. The fourth-order valence-corrected chi connectivity index (χ4v) is 2.69. The molecule has 0 saturated carbocycles. The number of hydrogen-bond donors (Lipinski definition) is 0. The van der Waals surface area contributed by atoms with Crippen molar-refractivity contribution in [1.82, 2.24) is 29.6 Å². The van der Waals surface area contributed by atoms with Crippen molar-refractivity contribution in [3.05, 3.63) is 16.8 Å². The molecule has 0 bridgehead atoms. The maximum atomic E-state index is 4.57. The van der Waals surface area contributed by atoms with Gasteiger partial charge in [0.25, 0.3) is 0 Å². The molecular weight excluding hydrogens is 248 g/mol. The molecule has 3 aromatic rings.